The Morgan fingerprint density at radius 2 is 1.82 bits per heavy atom. The van der Waals surface area contributed by atoms with Gasteiger partial charge < -0.3 is 9.80 Å². The second-order valence-electron chi connectivity index (χ2n) is 5.51. The summed E-state index contributed by atoms with van der Waals surface area (Å²) in [5.41, 5.74) is 0. The van der Waals surface area contributed by atoms with Crippen molar-refractivity contribution in [2.75, 3.05) is 26.2 Å². The molecule has 4 rings (SSSR count). The number of hydrogen-bond donors (Lipinski definition) is 1. The summed E-state index contributed by atoms with van der Waals surface area (Å²) in [7, 11) is 0. The van der Waals surface area contributed by atoms with Crippen LogP contribution in [0.15, 0.2) is 0 Å². The van der Waals surface area contributed by atoms with Gasteiger partial charge in [0.25, 0.3) is 0 Å². The van der Waals surface area contributed by atoms with Crippen LogP contribution < -0.4 is 0 Å². The highest BCUT2D eigenvalue weighted by molar-refractivity contribution is 7.80. The van der Waals surface area contributed by atoms with Crippen molar-refractivity contribution < 1.29 is 4.79 Å². The van der Waals surface area contributed by atoms with Crippen LogP contribution in [0, 0.1) is 0 Å². The van der Waals surface area contributed by atoms with E-state index in [0.717, 1.165) is 26.2 Å². The van der Waals surface area contributed by atoms with Gasteiger partial charge in [-0.05, 0) is 26.2 Å². The van der Waals surface area contributed by atoms with Crippen LogP contribution in [0.5, 0.6) is 0 Å². The summed E-state index contributed by atoms with van der Waals surface area (Å²) in [6.45, 7) is 6.03. The molecule has 4 fully saturated rings. The van der Waals surface area contributed by atoms with Gasteiger partial charge in [-0.2, -0.15) is 12.6 Å². The topological polar surface area (TPSA) is 26.8 Å². The van der Waals surface area contributed by atoms with Crippen molar-refractivity contribution >= 4 is 18.7 Å². The van der Waals surface area contributed by atoms with Crippen LogP contribution in [0.25, 0.3) is 0 Å². The Kier molecular flexibility index (Phi) is 2.99. The second-order valence-corrected chi connectivity index (χ2v) is 6.26. The third kappa shape index (κ3) is 1.93. The first-order valence-corrected chi connectivity index (χ1v) is 7.18. The summed E-state index contributed by atoms with van der Waals surface area (Å²) in [4.78, 5) is 18.9. The number of piperidine rings is 1. The van der Waals surface area contributed by atoms with E-state index in [-0.39, 0.29) is 6.03 Å². The van der Waals surface area contributed by atoms with Gasteiger partial charge in [0.1, 0.15) is 0 Å². The van der Waals surface area contributed by atoms with Crippen LogP contribution in [-0.2, 0) is 0 Å². The normalized spacial score (nSPS) is 34.7. The fraction of sp³-hybridized carbons (Fsp3) is 0.917. The number of likely N-dealkylation sites (tertiary alicyclic amines) is 1. The van der Waals surface area contributed by atoms with Crippen molar-refractivity contribution in [3.8, 4) is 0 Å². The van der Waals surface area contributed by atoms with Crippen molar-refractivity contribution in [1.82, 2.24) is 14.7 Å². The molecule has 0 radical (unpaired) electrons. The predicted octanol–water partition coefficient (Wildman–Crippen LogP) is 1.24. The zero-order valence-electron chi connectivity index (χ0n) is 10.4. The molecule has 0 aliphatic carbocycles. The first-order valence-electron chi connectivity index (χ1n) is 6.66. The van der Waals surface area contributed by atoms with Gasteiger partial charge in [0, 0.05) is 38.3 Å². The van der Waals surface area contributed by atoms with Gasteiger partial charge in [-0.25, -0.2) is 4.79 Å². The van der Waals surface area contributed by atoms with Crippen LogP contribution in [0.1, 0.15) is 26.2 Å². The standard InChI is InChI=1S/C12H21N3OS/c1-9(17)14-7-10-6-11(8-14)15(10)12(16)13-4-2-3-5-13/h9-11,17H,2-8H2,1H3/t9-,10?,11?/m0/s1. The van der Waals surface area contributed by atoms with Crippen LogP contribution in [0.2, 0.25) is 0 Å². The number of hydrogen-bond acceptors (Lipinski definition) is 3. The number of thiol groups is 1. The summed E-state index contributed by atoms with van der Waals surface area (Å²) < 4.78 is 0. The summed E-state index contributed by atoms with van der Waals surface area (Å²) in [5, 5.41) is 0.310. The van der Waals surface area contributed by atoms with Crippen LogP contribution in [-0.4, -0.2) is 64.4 Å². The third-order valence-corrected chi connectivity index (χ3v) is 4.67. The summed E-state index contributed by atoms with van der Waals surface area (Å²) >= 11 is 4.48. The molecule has 4 nitrogen and oxygen atoms in total. The zero-order chi connectivity index (χ0) is 12.0. The molecule has 2 amide bonds. The molecular weight excluding hydrogens is 234 g/mol. The summed E-state index contributed by atoms with van der Waals surface area (Å²) in [6, 6.07) is 1.17. The van der Waals surface area contributed by atoms with Gasteiger partial charge >= 0.3 is 6.03 Å². The average molecular weight is 255 g/mol. The highest BCUT2D eigenvalue weighted by Gasteiger charge is 2.48. The molecular formula is C12H21N3OS. The van der Waals surface area contributed by atoms with Crippen molar-refractivity contribution in [3.05, 3.63) is 0 Å². The van der Waals surface area contributed by atoms with E-state index < -0.39 is 0 Å². The monoisotopic (exact) mass is 255 g/mol. The summed E-state index contributed by atoms with van der Waals surface area (Å²) in [5.74, 6) is 0. The molecule has 3 atom stereocenters. The number of urea groups is 1. The molecule has 17 heavy (non-hydrogen) atoms. The molecule has 0 aromatic carbocycles. The number of piperazine rings is 1. The maximum atomic E-state index is 12.3. The number of fused-ring (bicyclic) bond motifs is 2. The van der Waals surface area contributed by atoms with Gasteiger partial charge in [0.05, 0.1) is 5.37 Å². The van der Waals surface area contributed by atoms with E-state index in [4.69, 9.17) is 0 Å². The highest BCUT2D eigenvalue weighted by atomic mass is 32.1. The largest absolute Gasteiger partial charge is 0.325 e. The molecule has 0 saturated carbocycles. The quantitative estimate of drug-likeness (QED) is 0.714. The first kappa shape index (κ1) is 11.7. The van der Waals surface area contributed by atoms with Gasteiger partial charge in [-0.1, -0.05) is 0 Å². The smallest absolute Gasteiger partial charge is 0.320 e. The van der Waals surface area contributed by atoms with Crippen molar-refractivity contribution in [3.63, 3.8) is 0 Å². The Hall–Kier alpha value is -0.420. The van der Waals surface area contributed by atoms with E-state index in [1.807, 2.05) is 4.90 Å². The van der Waals surface area contributed by atoms with Crippen LogP contribution in [0.3, 0.4) is 0 Å². The fourth-order valence-electron chi connectivity index (χ4n) is 3.33. The molecule has 5 heteroatoms. The Bertz CT molecular complexity index is 305. The third-order valence-electron chi connectivity index (χ3n) is 4.35. The molecule has 4 saturated heterocycles. The SMILES string of the molecule is C[C@H](S)N1CC2CC(C1)N2C(=O)N1CCCC1. The van der Waals surface area contributed by atoms with E-state index in [0.29, 0.717) is 17.5 Å². The molecule has 4 heterocycles. The van der Waals surface area contributed by atoms with Crippen LogP contribution >= 0.6 is 12.6 Å². The number of carbonyl (C=O) groups is 1. The number of rotatable bonds is 1. The average Bonchev–Trinajstić information content (AvgIpc) is 2.82. The maximum absolute atomic E-state index is 12.3. The Morgan fingerprint density at radius 3 is 2.35 bits per heavy atom. The lowest BCUT2D eigenvalue weighted by Gasteiger charge is -2.57. The maximum Gasteiger partial charge on any atom is 0.320 e. The van der Waals surface area contributed by atoms with Crippen molar-refractivity contribution in [2.24, 2.45) is 0 Å². The minimum Gasteiger partial charge on any atom is -0.325 e. The number of nitrogens with zero attached hydrogens (tertiary/aromatic N) is 3. The Morgan fingerprint density at radius 1 is 1.24 bits per heavy atom. The molecule has 4 aliphatic rings. The minimum atomic E-state index is 0.287. The lowest BCUT2D eigenvalue weighted by Crippen LogP contribution is -2.72. The van der Waals surface area contributed by atoms with E-state index in [9.17, 15) is 4.79 Å². The predicted molar refractivity (Wildman–Crippen MR) is 70.3 cm³/mol. The minimum absolute atomic E-state index is 0.287. The molecule has 0 spiro atoms. The van der Waals surface area contributed by atoms with Gasteiger partial charge in [-0.3, -0.25) is 4.90 Å². The number of carbonyl (C=O) groups excluding carboxylic acids is 1. The van der Waals surface area contributed by atoms with Gasteiger partial charge in [0.2, 0.25) is 0 Å². The van der Waals surface area contributed by atoms with Gasteiger partial charge in [0.15, 0.2) is 0 Å². The first-order chi connectivity index (χ1) is 8.16. The van der Waals surface area contributed by atoms with Gasteiger partial charge in [-0.15, -0.1) is 0 Å². The van der Waals surface area contributed by atoms with Crippen molar-refractivity contribution in [2.45, 2.75) is 43.6 Å². The lowest BCUT2D eigenvalue weighted by molar-refractivity contribution is -0.0462. The number of amides is 2. The zero-order valence-corrected chi connectivity index (χ0v) is 11.3. The Balaban J connectivity index is 1.62. The Labute approximate surface area is 108 Å². The molecule has 2 unspecified atom stereocenters. The highest BCUT2D eigenvalue weighted by Crippen LogP contribution is 2.34. The fourth-order valence-corrected chi connectivity index (χ4v) is 3.52. The van der Waals surface area contributed by atoms with Crippen LogP contribution in [0.4, 0.5) is 4.79 Å². The molecule has 0 N–H and O–H groups in total. The molecule has 0 aromatic rings. The van der Waals surface area contributed by atoms with E-state index in [2.05, 4.69) is 29.4 Å². The van der Waals surface area contributed by atoms with E-state index >= 15 is 0 Å². The lowest BCUT2D eigenvalue weighted by atomic mass is 9.88. The molecule has 2 bridgehead atoms. The summed E-state index contributed by atoms with van der Waals surface area (Å²) in [6.07, 6.45) is 3.54. The van der Waals surface area contributed by atoms with E-state index in [1.54, 1.807) is 0 Å². The molecule has 4 aliphatic heterocycles. The van der Waals surface area contributed by atoms with Crippen molar-refractivity contribution in [1.29, 1.82) is 0 Å². The molecule has 96 valence electrons. The molecule has 0 aromatic heterocycles. The van der Waals surface area contributed by atoms with E-state index in [1.165, 1.54) is 19.3 Å². The second kappa shape index (κ2) is 4.35.